The number of terminal acetylenes is 1. The van der Waals surface area contributed by atoms with Crippen molar-refractivity contribution < 1.29 is 5.11 Å². The lowest BCUT2D eigenvalue weighted by atomic mass is 9.88. The summed E-state index contributed by atoms with van der Waals surface area (Å²) in [6, 6.07) is 0. The predicted octanol–water partition coefficient (Wildman–Crippen LogP) is 4.93. The summed E-state index contributed by atoms with van der Waals surface area (Å²) >= 11 is 0. The van der Waals surface area contributed by atoms with E-state index in [0.717, 1.165) is 19.3 Å². The van der Waals surface area contributed by atoms with Gasteiger partial charge >= 0.3 is 0 Å². The van der Waals surface area contributed by atoms with Gasteiger partial charge in [-0.3, -0.25) is 0 Å². The Morgan fingerprint density at radius 2 is 1.50 bits per heavy atom. The molecule has 0 rings (SSSR count). The van der Waals surface area contributed by atoms with Crippen LogP contribution in [0.2, 0.25) is 0 Å². The molecule has 0 aromatic rings. The summed E-state index contributed by atoms with van der Waals surface area (Å²) in [5.41, 5.74) is -0.865. The van der Waals surface area contributed by atoms with E-state index in [1.807, 2.05) is 0 Å². The normalized spacial score (nSPS) is 14.4. The molecule has 0 aliphatic carbocycles. The molecule has 0 fully saturated rings. The Morgan fingerprint density at radius 3 is 1.94 bits per heavy atom. The molecule has 0 spiro atoms. The summed E-state index contributed by atoms with van der Waals surface area (Å²) in [5.74, 6) is 3.04. The van der Waals surface area contributed by atoms with E-state index in [1.165, 1.54) is 44.9 Å². The summed E-state index contributed by atoms with van der Waals surface area (Å²) in [6.07, 6.45) is 17.2. The fourth-order valence-corrected chi connectivity index (χ4v) is 2.46. The third-order valence-corrected chi connectivity index (χ3v) is 3.46. The molecule has 0 heterocycles. The lowest BCUT2D eigenvalue weighted by Crippen LogP contribution is -2.28. The Hall–Kier alpha value is -0.480. The molecule has 1 N–H and O–H groups in total. The third-order valence-electron chi connectivity index (χ3n) is 3.46. The molecule has 0 saturated heterocycles. The van der Waals surface area contributed by atoms with Crippen LogP contribution in [0.1, 0.15) is 85.0 Å². The Balaban J connectivity index is 3.54. The van der Waals surface area contributed by atoms with Crippen molar-refractivity contribution >= 4 is 0 Å². The van der Waals surface area contributed by atoms with E-state index in [-0.39, 0.29) is 0 Å². The summed E-state index contributed by atoms with van der Waals surface area (Å²) in [7, 11) is 0. The third kappa shape index (κ3) is 9.54. The Kier molecular flexibility index (Phi) is 10.2. The van der Waals surface area contributed by atoms with Gasteiger partial charge in [0.2, 0.25) is 0 Å². The number of rotatable bonds is 11. The minimum absolute atomic E-state index is 0.458. The average Bonchev–Trinajstić information content (AvgIpc) is 2.32. The molecule has 0 saturated carbocycles. The highest BCUT2D eigenvalue weighted by molar-refractivity contribution is 5.07. The quantitative estimate of drug-likeness (QED) is 0.408. The predicted molar refractivity (Wildman–Crippen MR) is 80.5 cm³/mol. The van der Waals surface area contributed by atoms with E-state index >= 15 is 0 Å². The molecule has 0 aromatic carbocycles. The Labute approximate surface area is 114 Å². The number of aliphatic hydroxyl groups is 1. The van der Waals surface area contributed by atoms with Gasteiger partial charge in [-0.15, -0.1) is 6.42 Å². The van der Waals surface area contributed by atoms with E-state index in [1.54, 1.807) is 0 Å². The van der Waals surface area contributed by atoms with Crippen LogP contribution in [0.3, 0.4) is 0 Å². The first kappa shape index (κ1) is 17.5. The van der Waals surface area contributed by atoms with Gasteiger partial charge in [0.1, 0.15) is 5.60 Å². The second-order valence-electron chi connectivity index (χ2n) is 6.00. The van der Waals surface area contributed by atoms with Crippen LogP contribution in [0.15, 0.2) is 0 Å². The molecule has 106 valence electrons. The minimum atomic E-state index is -0.865. The Bertz CT molecular complexity index is 226. The van der Waals surface area contributed by atoms with E-state index in [0.29, 0.717) is 5.92 Å². The summed E-state index contributed by atoms with van der Waals surface area (Å²) in [5, 5.41) is 10.2. The van der Waals surface area contributed by atoms with Crippen molar-refractivity contribution in [1.82, 2.24) is 0 Å². The van der Waals surface area contributed by atoms with Gasteiger partial charge < -0.3 is 5.11 Å². The first-order valence-corrected chi connectivity index (χ1v) is 7.74. The van der Waals surface area contributed by atoms with Crippen molar-refractivity contribution in [2.45, 2.75) is 90.6 Å². The van der Waals surface area contributed by atoms with Crippen molar-refractivity contribution in [1.29, 1.82) is 0 Å². The zero-order valence-corrected chi connectivity index (χ0v) is 12.7. The van der Waals surface area contributed by atoms with Gasteiger partial charge in [-0.1, -0.05) is 71.6 Å². The van der Waals surface area contributed by atoms with Crippen LogP contribution < -0.4 is 0 Å². The number of hydrogen-bond donors (Lipinski definition) is 1. The van der Waals surface area contributed by atoms with E-state index in [2.05, 4.69) is 26.7 Å². The molecule has 0 aliphatic rings. The summed E-state index contributed by atoms with van der Waals surface area (Å²) in [4.78, 5) is 0. The zero-order valence-electron chi connectivity index (χ0n) is 12.7. The monoisotopic (exact) mass is 252 g/mol. The molecule has 0 aromatic heterocycles. The SMILES string of the molecule is C#CC(O)(CCCCCCCCCC)CC(C)C. The van der Waals surface area contributed by atoms with Crippen LogP contribution >= 0.6 is 0 Å². The molecular formula is C17H32O. The van der Waals surface area contributed by atoms with E-state index < -0.39 is 5.60 Å². The average molecular weight is 252 g/mol. The van der Waals surface area contributed by atoms with Crippen molar-refractivity contribution in [3.8, 4) is 12.3 Å². The van der Waals surface area contributed by atoms with Gasteiger partial charge in [0.15, 0.2) is 0 Å². The molecule has 1 nitrogen and oxygen atoms in total. The summed E-state index contributed by atoms with van der Waals surface area (Å²) < 4.78 is 0. The van der Waals surface area contributed by atoms with Crippen LogP contribution in [-0.4, -0.2) is 10.7 Å². The van der Waals surface area contributed by atoms with Crippen molar-refractivity contribution in [2.24, 2.45) is 5.92 Å². The van der Waals surface area contributed by atoms with Crippen LogP contribution in [0.5, 0.6) is 0 Å². The maximum atomic E-state index is 10.2. The lowest BCUT2D eigenvalue weighted by Gasteiger charge is -2.24. The van der Waals surface area contributed by atoms with Crippen LogP contribution in [0, 0.1) is 18.3 Å². The Morgan fingerprint density at radius 1 is 1.00 bits per heavy atom. The molecule has 18 heavy (non-hydrogen) atoms. The molecule has 0 amide bonds. The fraction of sp³-hybridized carbons (Fsp3) is 0.882. The van der Waals surface area contributed by atoms with Crippen molar-refractivity contribution in [3.63, 3.8) is 0 Å². The second-order valence-corrected chi connectivity index (χ2v) is 6.00. The van der Waals surface area contributed by atoms with Crippen LogP contribution in [0.25, 0.3) is 0 Å². The van der Waals surface area contributed by atoms with Gasteiger partial charge in [-0.25, -0.2) is 0 Å². The summed E-state index contributed by atoms with van der Waals surface area (Å²) in [6.45, 7) is 6.46. The highest BCUT2D eigenvalue weighted by Crippen LogP contribution is 2.23. The van der Waals surface area contributed by atoms with Gasteiger partial charge in [0.05, 0.1) is 0 Å². The first-order chi connectivity index (χ1) is 8.54. The zero-order chi connectivity index (χ0) is 13.9. The van der Waals surface area contributed by atoms with E-state index in [4.69, 9.17) is 6.42 Å². The molecule has 0 bridgehead atoms. The molecule has 1 heteroatoms. The van der Waals surface area contributed by atoms with E-state index in [9.17, 15) is 5.11 Å². The smallest absolute Gasteiger partial charge is 0.125 e. The highest BCUT2D eigenvalue weighted by Gasteiger charge is 2.24. The van der Waals surface area contributed by atoms with Gasteiger partial charge in [0, 0.05) is 0 Å². The molecule has 1 unspecified atom stereocenters. The van der Waals surface area contributed by atoms with Crippen LogP contribution in [0.4, 0.5) is 0 Å². The molecule has 1 atom stereocenters. The van der Waals surface area contributed by atoms with Crippen molar-refractivity contribution in [3.05, 3.63) is 0 Å². The second kappa shape index (κ2) is 10.4. The highest BCUT2D eigenvalue weighted by atomic mass is 16.3. The topological polar surface area (TPSA) is 20.2 Å². The first-order valence-electron chi connectivity index (χ1n) is 7.74. The standard InChI is InChI=1S/C17H32O/c1-5-7-8-9-10-11-12-13-14-17(18,6-2)15-16(3)4/h2,16,18H,5,7-15H2,1,3-4H3. The van der Waals surface area contributed by atoms with Gasteiger partial charge in [0.25, 0.3) is 0 Å². The minimum Gasteiger partial charge on any atom is -0.378 e. The largest absolute Gasteiger partial charge is 0.378 e. The van der Waals surface area contributed by atoms with Gasteiger partial charge in [-0.2, -0.15) is 0 Å². The molecule has 0 radical (unpaired) electrons. The maximum Gasteiger partial charge on any atom is 0.125 e. The molecular weight excluding hydrogens is 220 g/mol. The van der Waals surface area contributed by atoms with Crippen molar-refractivity contribution in [2.75, 3.05) is 0 Å². The van der Waals surface area contributed by atoms with Crippen LogP contribution in [-0.2, 0) is 0 Å². The van der Waals surface area contributed by atoms with Gasteiger partial charge in [-0.05, 0) is 25.2 Å². The lowest BCUT2D eigenvalue weighted by molar-refractivity contribution is 0.0664. The number of unbranched alkanes of at least 4 members (excludes halogenated alkanes) is 7. The molecule has 0 aliphatic heterocycles. The maximum absolute atomic E-state index is 10.2. The number of hydrogen-bond acceptors (Lipinski definition) is 1. The fourth-order valence-electron chi connectivity index (χ4n) is 2.46.